The smallest absolute Gasteiger partial charge is 0.308 e. The Morgan fingerprint density at radius 2 is 2.15 bits per heavy atom. The highest BCUT2D eigenvalue weighted by molar-refractivity contribution is 5.70. The fraction of sp³-hybridized carbons (Fsp3) is 0.857. The van der Waals surface area contributed by atoms with Gasteiger partial charge in [0, 0.05) is 13.0 Å². The van der Waals surface area contributed by atoms with Crippen molar-refractivity contribution in [3.8, 4) is 0 Å². The van der Waals surface area contributed by atoms with Crippen LogP contribution < -0.4 is 0 Å². The third-order valence-corrected chi connectivity index (χ3v) is 4.10. The number of carboxylic acid groups (broad SMARTS) is 1. The summed E-state index contributed by atoms with van der Waals surface area (Å²) in [6.07, 6.45) is 6.86. The zero-order valence-corrected chi connectivity index (χ0v) is 11.7. The van der Waals surface area contributed by atoms with Crippen LogP contribution in [-0.2, 0) is 19.2 Å². The zero-order chi connectivity index (χ0) is 14.4. The largest absolute Gasteiger partial charge is 0.481 e. The Hall–Kier alpha value is -1.14. The first kappa shape index (κ1) is 15.3. The lowest BCUT2D eigenvalue weighted by molar-refractivity contribution is -0.276. The molecule has 0 bridgehead atoms. The molecule has 1 saturated heterocycles. The molecule has 1 aliphatic heterocycles. The highest BCUT2D eigenvalue weighted by Gasteiger charge is 2.29. The topological polar surface area (TPSA) is 76.1 Å². The first-order chi connectivity index (χ1) is 9.69. The summed E-state index contributed by atoms with van der Waals surface area (Å²) in [7, 11) is 0. The Labute approximate surface area is 119 Å². The Morgan fingerprint density at radius 3 is 2.65 bits per heavy atom. The molecule has 1 saturated carbocycles. The summed E-state index contributed by atoms with van der Waals surface area (Å²) in [4.78, 5) is 27.8. The van der Waals surface area contributed by atoms with E-state index in [0.717, 1.165) is 37.2 Å². The predicted octanol–water partition coefficient (Wildman–Crippen LogP) is 1.79. The van der Waals surface area contributed by atoms with Crippen molar-refractivity contribution in [1.29, 1.82) is 0 Å². The van der Waals surface area contributed by atoms with Gasteiger partial charge in [-0.25, -0.2) is 9.90 Å². The van der Waals surface area contributed by atoms with Gasteiger partial charge < -0.3 is 9.84 Å². The van der Waals surface area contributed by atoms with Crippen LogP contribution in [-0.4, -0.2) is 42.0 Å². The number of ether oxygens (including phenoxy) is 1. The van der Waals surface area contributed by atoms with Gasteiger partial charge in [-0.15, -0.1) is 0 Å². The fourth-order valence-corrected chi connectivity index (χ4v) is 2.66. The summed E-state index contributed by atoms with van der Waals surface area (Å²) in [5, 5.41) is 10.4. The summed E-state index contributed by atoms with van der Waals surface area (Å²) in [6, 6.07) is 0. The number of amides is 1. The van der Waals surface area contributed by atoms with Crippen molar-refractivity contribution in [2.24, 2.45) is 11.8 Å². The Bertz CT molecular complexity index is 326. The van der Waals surface area contributed by atoms with E-state index in [-0.39, 0.29) is 6.54 Å². The minimum atomic E-state index is -0.864. The molecule has 2 atom stereocenters. The quantitative estimate of drug-likeness (QED) is 0.543. The average Bonchev–Trinajstić information content (AvgIpc) is 2.40. The number of carboxylic acids is 1. The van der Waals surface area contributed by atoms with E-state index >= 15 is 0 Å². The number of nitrogens with zero attached hydrogens (tertiary/aromatic N) is 1. The molecule has 1 unspecified atom stereocenters. The van der Waals surface area contributed by atoms with Gasteiger partial charge in [-0.2, -0.15) is 0 Å². The van der Waals surface area contributed by atoms with Crippen LogP contribution in [0, 0.1) is 11.8 Å². The molecule has 0 aromatic carbocycles. The molecule has 0 aromatic heterocycles. The van der Waals surface area contributed by atoms with E-state index in [4.69, 9.17) is 9.57 Å². The van der Waals surface area contributed by atoms with E-state index in [9.17, 15) is 14.7 Å². The number of hydrogen-bond donors (Lipinski definition) is 1. The van der Waals surface area contributed by atoms with Crippen molar-refractivity contribution in [3.05, 3.63) is 0 Å². The van der Waals surface area contributed by atoms with Crippen LogP contribution in [0.15, 0.2) is 0 Å². The Morgan fingerprint density at radius 1 is 1.35 bits per heavy atom. The second kappa shape index (κ2) is 7.59. The van der Waals surface area contributed by atoms with Gasteiger partial charge in [0.05, 0.1) is 12.5 Å². The number of hydrogen-bond acceptors (Lipinski definition) is 4. The minimum absolute atomic E-state index is 0.0925. The average molecular weight is 285 g/mol. The molecule has 0 aromatic rings. The van der Waals surface area contributed by atoms with E-state index in [2.05, 4.69) is 0 Å². The molecular weight excluding hydrogens is 262 g/mol. The van der Waals surface area contributed by atoms with Crippen LogP contribution in [0.2, 0.25) is 0 Å². The number of carbonyl (C=O) groups excluding carboxylic acids is 1. The van der Waals surface area contributed by atoms with Crippen molar-refractivity contribution < 1.29 is 24.3 Å². The molecule has 6 heteroatoms. The second-order valence-electron chi connectivity index (χ2n) is 5.67. The molecule has 0 spiro atoms. The maximum atomic E-state index is 11.3. The summed E-state index contributed by atoms with van der Waals surface area (Å²) in [5.74, 6) is -0.943. The number of carbonyl (C=O) groups is 2. The number of hydroxylamine groups is 2. The lowest BCUT2D eigenvalue weighted by Gasteiger charge is -2.31. The maximum absolute atomic E-state index is 11.3. The molecule has 1 amide bonds. The molecular formula is C14H23NO5. The van der Waals surface area contributed by atoms with Crippen molar-refractivity contribution in [2.45, 2.75) is 51.2 Å². The first-order valence-corrected chi connectivity index (χ1v) is 7.42. The van der Waals surface area contributed by atoms with Crippen LogP contribution in [0.5, 0.6) is 0 Å². The van der Waals surface area contributed by atoms with Gasteiger partial charge in [0.1, 0.15) is 0 Å². The molecule has 1 heterocycles. The Kier molecular flexibility index (Phi) is 5.79. The second-order valence-corrected chi connectivity index (χ2v) is 5.67. The van der Waals surface area contributed by atoms with E-state index in [0.29, 0.717) is 25.4 Å². The summed E-state index contributed by atoms with van der Waals surface area (Å²) in [5.41, 5.74) is 0. The lowest BCUT2D eigenvalue weighted by Crippen LogP contribution is -2.38. The maximum Gasteiger partial charge on any atom is 0.308 e. The van der Waals surface area contributed by atoms with E-state index in [1.165, 1.54) is 6.42 Å². The van der Waals surface area contributed by atoms with Gasteiger partial charge in [-0.3, -0.25) is 9.59 Å². The lowest BCUT2D eigenvalue weighted by atomic mass is 9.79. The third-order valence-electron chi connectivity index (χ3n) is 4.10. The third kappa shape index (κ3) is 4.45. The van der Waals surface area contributed by atoms with Crippen molar-refractivity contribution in [2.75, 3.05) is 13.2 Å². The van der Waals surface area contributed by atoms with Crippen LogP contribution >= 0.6 is 0 Å². The number of rotatable bonds is 8. The van der Waals surface area contributed by atoms with E-state index in [1.54, 1.807) is 0 Å². The molecule has 1 N–H and O–H groups in total. The van der Waals surface area contributed by atoms with Crippen molar-refractivity contribution in [1.82, 2.24) is 5.06 Å². The highest BCUT2D eigenvalue weighted by atomic mass is 16.8. The normalized spacial score (nSPS) is 24.7. The fourth-order valence-electron chi connectivity index (χ4n) is 2.66. The monoisotopic (exact) mass is 285 g/mol. The first-order valence-electron chi connectivity index (χ1n) is 7.42. The van der Waals surface area contributed by atoms with E-state index in [1.807, 2.05) is 0 Å². The van der Waals surface area contributed by atoms with Crippen LogP contribution in [0.4, 0.5) is 0 Å². The van der Waals surface area contributed by atoms with Crippen LogP contribution in [0.3, 0.4) is 0 Å². The molecule has 20 heavy (non-hydrogen) atoms. The summed E-state index contributed by atoms with van der Waals surface area (Å²) >= 11 is 0. The zero-order valence-electron chi connectivity index (χ0n) is 11.7. The van der Waals surface area contributed by atoms with Gasteiger partial charge >= 0.3 is 5.97 Å². The molecule has 1 aliphatic carbocycles. The van der Waals surface area contributed by atoms with Crippen LogP contribution in [0.1, 0.15) is 44.9 Å². The standard InChI is InChI=1S/C14H23NO5/c16-10-15(20-13-6-1-2-7-19-13)9-12(14(17)18)8-11-4-3-5-11/h10-13H,1-9H2,(H,17,18)/t12-,13?/m1/s1. The molecule has 2 aliphatic rings. The number of aliphatic carboxylic acids is 1. The van der Waals surface area contributed by atoms with Crippen LogP contribution in [0.25, 0.3) is 0 Å². The van der Waals surface area contributed by atoms with Crippen molar-refractivity contribution >= 4 is 12.4 Å². The van der Waals surface area contributed by atoms with Gasteiger partial charge in [0.25, 0.3) is 0 Å². The van der Waals surface area contributed by atoms with Gasteiger partial charge in [0.15, 0.2) is 6.29 Å². The molecule has 0 radical (unpaired) electrons. The summed E-state index contributed by atoms with van der Waals surface area (Å²) < 4.78 is 5.40. The summed E-state index contributed by atoms with van der Waals surface area (Å²) in [6.45, 7) is 0.719. The molecule has 114 valence electrons. The van der Waals surface area contributed by atoms with Gasteiger partial charge in [-0.1, -0.05) is 19.3 Å². The Balaban J connectivity index is 1.81. The van der Waals surface area contributed by atoms with E-state index < -0.39 is 18.2 Å². The molecule has 6 nitrogen and oxygen atoms in total. The van der Waals surface area contributed by atoms with Crippen molar-refractivity contribution in [3.63, 3.8) is 0 Å². The van der Waals surface area contributed by atoms with Gasteiger partial charge in [-0.05, 0) is 25.2 Å². The highest BCUT2D eigenvalue weighted by Crippen LogP contribution is 2.32. The SMILES string of the molecule is O=CN(C[C@@H](CC1CCC1)C(=O)O)OC1CCCCO1. The van der Waals surface area contributed by atoms with Gasteiger partial charge in [0.2, 0.25) is 6.41 Å². The molecule has 2 fully saturated rings. The molecule has 2 rings (SSSR count). The predicted molar refractivity (Wildman–Crippen MR) is 70.5 cm³/mol. The minimum Gasteiger partial charge on any atom is -0.481 e.